The van der Waals surface area contributed by atoms with E-state index in [1.165, 1.54) is 11.1 Å². The zero-order chi connectivity index (χ0) is 7.97. The summed E-state index contributed by atoms with van der Waals surface area (Å²) < 4.78 is 0. The molecule has 0 aromatic heterocycles. The van der Waals surface area contributed by atoms with E-state index in [2.05, 4.69) is 35.7 Å². The third-order valence-corrected chi connectivity index (χ3v) is 4.74. The molecule has 4 radical (unpaired) electrons. The molecule has 0 saturated carbocycles. The predicted octanol–water partition coefficient (Wildman–Crippen LogP) is 1.89. The summed E-state index contributed by atoms with van der Waals surface area (Å²) in [5.74, 6) is 0. The molecular formula is C10H8Si2. The number of hydrogen-bond acceptors (Lipinski definition) is 0. The van der Waals surface area contributed by atoms with Crippen molar-refractivity contribution in [3.8, 4) is 0 Å². The Labute approximate surface area is 77.4 Å². The summed E-state index contributed by atoms with van der Waals surface area (Å²) in [6.45, 7) is 0. The number of rotatable bonds is 0. The van der Waals surface area contributed by atoms with Crippen LogP contribution in [-0.4, -0.2) is 19.0 Å². The van der Waals surface area contributed by atoms with Crippen LogP contribution in [0.15, 0.2) is 46.8 Å². The number of allylic oxidation sites excluding steroid dienone is 6. The average molecular weight is 184 g/mol. The molecule has 1 fully saturated rings. The lowest BCUT2D eigenvalue weighted by Gasteiger charge is -2.06. The van der Waals surface area contributed by atoms with Gasteiger partial charge in [-0.1, -0.05) is 35.7 Å². The summed E-state index contributed by atoms with van der Waals surface area (Å²) in [6, 6.07) is 0. The fourth-order valence-corrected chi connectivity index (χ4v) is 3.48. The Balaban J connectivity index is 2.06. The van der Waals surface area contributed by atoms with Crippen molar-refractivity contribution in [1.29, 1.82) is 0 Å². The fourth-order valence-electron chi connectivity index (χ4n) is 1.65. The van der Waals surface area contributed by atoms with Crippen LogP contribution >= 0.6 is 0 Å². The maximum atomic E-state index is 2.45. The Hall–Kier alpha value is -0.606. The van der Waals surface area contributed by atoms with Crippen molar-refractivity contribution < 1.29 is 0 Å². The van der Waals surface area contributed by atoms with Gasteiger partial charge in [0.05, 0.1) is 9.52 Å². The van der Waals surface area contributed by atoms with Crippen LogP contribution in [0.3, 0.4) is 0 Å². The molecule has 0 aromatic carbocycles. The van der Waals surface area contributed by atoms with Crippen LogP contribution in [-0.2, 0) is 0 Å². The molecule has 1 saturated heterocycles. The Morgan fingerprint density at radius 1 is 1.08 bits per heavy atom. The van der Waals surface area contributed by atoms with Crippen molar-refractivity contribution in [3.05, 3.63) is 46.8 Å². The van der Waals surface area contributed by atoms with Crippen LogP contribution in [0.25, 0.3) is 0 Å². The van der Waals surface area contributed by atoms with E-state index in [0.29, 0.717) is 0 Å². The molecule has 2 unspecified atom stereocenters. The summed E-state index contributed by atoms with van der Waals surface area (Å²) in [5, 5.41) is 0. The number of hydrogen-bond donors (Lipinski definition) is 0. The van der Waals surface area contributed by atoms with Gasteiger partial charge >= 0.3 is 0 Å². The van der Waals surface area contributed by atoms with E-state index in [0.717, 1.165) is 30.1 Å². The molecule has 2 aliphatic heterocycles. The smallest absolute Gasteiger partial charge is 0.0933 e. The van der Waals surface area contributed by atoms with Gasteiger partial charge in [-0.3, -0.25) is 0 Å². The third-order valence-electron chi connectivity index (χ3n) is 2.44. The second-order valence-electron chi connectivity index (χ2n) is 3.30. The summed E-state index contributed by atoms with van der Waals surface area (Å²) in [6.07, 6.45) is 9.44. The van der Waals surface area contributed by atoms with Crippen LogP contribution in [0.1, 0.15) is 0 Å². The van der Waals surface area contributed by atoms with E-state index in [4.69, 9.17) is 0 Å². The van der Waals surface area contributed by atoms with Crippen LogP contribution < -0.4 is 0 Å². The van der Waals surface area contributed by atoms with Crippen molar-refractivity contribution in [3.63, 3.8) is 0 Å². The van der Waals surface area contributed by atoms with Gasteiger partial charge in [-0.25, -0.2) is 0 Å². The predicted molar refractivity (Wildman–Crippen MR) is 53.5 cm³/mol. The Bertz CT molecular complexity index is 334. The Morgan fingerprint density at radius 3 is 3.08 bits per heavy atom. The van der Waals surface area contributed by atoms with Gasteiger partial charge in [0.25, 0.3) is 0 Å². The first kappa shape index (κ1) is 6.86. The summed E-state index contributed by atoms with van der Waals surface area (Å²) >= 11 is 0. The molecular weight excluding hydrogens is 176 g/mol. The molecule has 0 nitrogen and oxygen atoms in total. The summed E-state index contributed by atoms with van der Waals surface area (Å²) in [5.41, 5.74) is 9.30. The van der Waals surface area contributed by atoms with Gasteiger partial charge in [0.15, 0.2) is 0 Å². The van der Waals surface area contributed by atoms with Crippen LogP contribution in [0.4, 0.5) is 0 Å². The molecule has 3 rings (SSSR count). The minimum absolute atomic E-state index is 0.883. The largest absolute Gasteiger partial charge is 0.102 e. The minimum Gasteiger partial charge on any atom is -0.0933 e. The van der Waals surface area contributed by atoms with E-state index < -0.39 is 0 Å². The molecule has 0 spiro atoms. The van der Waals surface area contributed by atoms with Gasteiger partial charge in [0.2, 0.25) is 0 Å². The normalized spacial score (nSPS) is 36.0. The van der Waals surface area contributed by atoms with E-state index in [-0.39, 0.29) is 0 Å². The topological polar surface area (TPSA) is 0 Å². The first-order chi connectivity index (χ1) is 5.93. The molecule has 12 heavy (non-hydrogen) atoms. The average Bonchev–Trinajstić information content (AvgIpc) is 2.80. The zero-order valence-corrected chi connectivity index (χ0v) is 8.62. The van der Waals surface area contributed by atoms with Crippen molar-refractivity contribution in [2.45, 2.75) is 11.1 Å². The van der Waals surface area contributed by atoms with E-state index >= 15 is 0 Å². The number of fused-ring (bicyclic) bond motifs is 2. The molecule has 2 heterocycles. The van der Waals surface area contributed by atoms with Gasteiger partial charge in [0, 0.05) is 0 Å². The highest BCUT2D eigenvalue weighted by atomic mass is 28.2. The highest BCUT2D eigenvalue weighted by molar-refractivity contribution is 6.56. The Morgan fingerprint density at radius 2 is 2.08 bits per heavy atom. The molecule has 0 N–H and O–H groups in total. The highest BCUT2D eigenvalue weighted by Gasteiger charge is 2.35. The quantitative estimate of drug-likeness (QED) is 0.504. The lowest BCUT2D eigenvalue weighted by Crippen LogP contribution is -1.93. The first-order valence-corrected chi connectivity index (χ1v) is 6.54. The maximum absolute atomic E-state index is 2.45. The standard InChI is InChI=1S/C10H8Si2/c1-2-9-10(12-9)5-7-3-4-11-6-8(1)7/h1-6,9-10H. The van der Waals surface area contributed by atoms with Gasteiger partial charge in [-0.15, -0.1) is 0 Å². The van der Waals surface area contributed by atoms with Crippen molar-refractivity contribution in [2.24, 2.45) is 0 Å². The summed E-state index contributed by atoms with van der Waals surface area (Å²) in [4.78, 5) is 0. The monoisotopic (exact) mass is 184 g/mol. The lowest BCUT2D eigenvalue weighted by molar-refractivity contribution is 1.21. The lowest BCUT2D eigenvalue weighted by atomic mass is 10.1. The van der Waals surface area contributed by atoms with Crippen LogP contribution in [0, 0.1) is 0 Å². The SMILES string of the molecule is C1=CC2=CC3[Si]C3C=CC2=C[Si]1. The molecule has 56 valence electrons. The highest BCUT2D eigenvalue weighted by Crippen LogP contribution is 2.47. The maximum Gasteiger partial charge on any atom is 0.102 e. The Kier molecular flexibility index (Phi) is 1.39. The third kappa shape index (κ3) is 1.03. The molecule has 1 aliphatic carbocycles. The van der Waals surface area contributed by atoms with Crippen molar-refractivity contribution in [1.82, 2.24) is 0 Å². The molecule has 2 heteroatoms. The molecule has 0 amide bonds. The van der Waals surface area contributed by atoms with Crippen molar-refractivity contribution >= 4 is 19.0 Å². The molecule has 0 aromatic rings. The van der Waals surface area contributed by atoms with Crippen molar-refractivity contribution in [2.75, 3.05) is 0 Å². The van der Waals surface area contributed by atoms with Gasteiger partial charge in [0.1, 0.15) is 9.52 Å². The minimum atomic E-state index is 0.883. The van der Waals surface area contributed by atoms with Crippen LogP contribution in [0.5, 0.6) is 0 Å². The van der Waals surface area contributed by atoms with Crippen LogP contribution in [0.2, 0.25) is 11.1 Å². The van der Waals surface area contributed by atoms with E-state index in [1.54, 1.807) is 0 Å². The fraction of sp³-hybridized carbons (Fsp3) is 0.200. The molecule has 2 atom stereocenters. The second kappa shape index (κ2) is 2.44. The zero-order valence-electron chi connectivity index (χ0n) is 6.62. The molecule has 3 aliphatic rings. The first-order valence-electron chi connectivity index (χ1n) is 4.23. The summed E-state index contributed by atoms with van der Waals surface area (Å²) in [7, 11) is 2.04. The van der Waals surface area contributed by atoms with E-state index in [9.17, 15) is 0 Å². The molecule has 0 bridgehead atoms. The van der Waals surface area contributed by atoms with E-state index in [1.807, 2.05) is 0 Å². The van der Waals surface area contributed by atoms with Gasteiger partial charge in [-0.2, -0.15) is 0 Å². The van der Waals surface area contributed by atoms with Gasteiger partial charge in [-0.05, 0) is 22.2 Å². The second-order valence-corrected chi connectivity index (χ2v) is 5.92. The van der Waals surface area contributed by atoms with Gasteiger partial charge < -0.3 is 0 Å².